The van der Waals surface area contributed by atoms with Gasteiger partial charge in [-0.3, -0.25) is 4.79 Å². The minimum absolute atomic E-state index is 0.0107. The summed E-state index contributed by atoms with van der Waals surface area (Å²) in [7, 11) is 0. The lowest BCUT2D eigenvalue weighted by atomic mass is 10.1. The van der Waals surface area contributed by atoms with Gasteiger partial charge in [-0.25, -0.2) is 0 Å². The van der Waals surface area contributed by atoms with E-state index >= 15 is 0 Å². The summed E-state index contributed by atoms with van der Waals surface area (Å²) in [5.74, 6) is 0.0107. The molecule has 0 atom stereocenters. The zero-order chi connectivity index (χ0) is 21.3. The zero-order valence-corrected chi connectivity index (χ0v) is 18.7. The van der Waals surface area contributed by atoms with Crippen LogP contribution in [0.2, 0.25) is 0 Å². The Morgan fingerprint density at radius 1 is 0.679 bits per heavy atom. The molecule has 5 nitrogen and oxygen atoms in total. The summed E-state index contributed by atoms with van der Waals surface area (Å²) in [6.45, 7) is 4.39. The highest BCUT2D eigenvalue weighted by atomic mass is 16.5. The number of carbonyl (C=O) groups is 1. The number of hydrogen-bond donors (Lipinski definition) is 3. The van der Waals surface area contributed by atoms with E-state index in [2.05, 4.69) is 13.8 Å². The van der Waals surface area contributed by atoms with Crippen molar-refractivity contribution in [2.24, 2.45) is 0 Å². The van der Waals surface area contributed by atoms with Gasteiger partial charge < -0.3 is 20.1 Å². The van der Waals surface area contributed by atoms with Crippen molar-refractivity contribution in [2.75, 3.05) is 19.8 Å². The summed E-state index contributed by atoms with van der Waals surface area (Å²) in [5, 5.41) is 24.0. The van der Waals surface area contributed by atoms with Crippen LogP contribution in [0.15, 0.2) is 0 Å². The van der Waals surface area contributed by atoms with Crippen molar-refractivity contribution in [2.45, 2.75) is 123 Å². The van der Waals surface area contributed by atoms with Crippen LogP contribution in [0.5, 0.6) is 0 Å². The first-order chi connectivity index (χ1) is 13.6. The molecule has 0 aliphatic rings. The zero-order valence-electron chi connectivity index (χ0n) is 18.7. The molecule has 0 amide bonds. The van der Waals surface area contributed by atoms with Crippen LogP contribution in [0.25, 0.3) is 0 Å². The van der Waals surface area contributed by atoms with E-state index in [9.17, 15) is 4.79 Å². The third-order valence-electron chi connectivity index (χ3n) is 4.67. The average molecular weight is 405 g/mol. The fourth-order valence-electron chi connectivity index (χ4n) is 2.78. The number of rotatable bonds is 19. The lowest BCUT2D eigenvalue weighted by Gasteiger charge is -2.05. The molecule has 0 spiro atoms. The number of aliphatic hydroxyl groups excluding tert-OH is 3. The summed E-state index contributed by atoms with van der Waals surface area (Å²) in [5.41, 5.74) is 0. The highest BCUT2D eigenvalue weighted by molar-refractivity contribution is 5.69. The molecule has 0 aliphatic carbocycles. The maximum atomic E-state index is 11.6. The minimum Gasteiger partial charge on any atom is -0.466 e. The van der Waals surface area contributed by atoms with Crippen LogP contribution < -0.4 is 0 Å². The Labute approximate surface area is 173 Å². The van der Waals surface area contributed by atoms with Gasteiger partial charge in [0.15, 0.2) is 0 Å². The maximum absolute atomic E-state index is 11.6. The third-order valence-corrected chi connectivity index (χ3v) is 4.67. The highest BCUT2D eigenvalue weighted by Gasteiger charge is 2.02. The van der Waals surface area contributed by atoms with Crippen molar-refractivity contribution in [1.82, 2.24) is 0 Å². The normalized spacial score (nSPS) is 10.6. The number of esters is 1. The van der Waals surface area contributed by atoms with E-state index in [4.69, 9.17) is 20.1 Å². The SMILES string of the molecule is CCCCCCCCCCOC(=O)CCCCCCCCC.OCC(O)CO. The van der Waals surface area contributed by atoms with E-state index in [1.165, 1.54) is 83.5 Å². The van der Waals surface area contributed by atoms with Gasteiger partial charge in [-0.1, -0.05) is 97.3 Å². The molecule has 0 rings (SSSR count). The van der Waals surface area contributed by atoms with Crippen LogP contribution in [0.4, 0.5) is 0 Å². The van der Waals surface area contributed by atoms with Crippen molar-refractivity contribution in [3.8, 4) is 0 Å². The third kappa shape index (κ3) is 27.6. The van der Waals surface area contributed by atoms with Crippen molar-refractivity contribution in [3.63, 3.8) is 0 Å². The molecule has 28 heavy (non-hydrogen) atoms. The predicted molar refractivity (Wildman–Crippen MR) is 116 cm³/mol. The molecule has 0 saturated heterocycles. The monoisotopic (exact) mass is 404 g/mol. The Hall–Kier alpha value is -0.650. The number of ether oxygens (including phenoxy) is 1. The smallest absolute Gasteiger partial charge is 0.305 e. The average Bonchev–Trinajstić information content (AvgIpc) is 2.71. The van der Waals surface area contributed by atoms with E-state index in [0.717, 1.165) is 12.8 Å². The topological polar surface area (TPSA) is 87.0 Å². The van der Waals surface area contributed by atoms with Crippen molar-refractivity contribution >= 4 is 5.97 Å². The first-order valence-corrected chi connectivity index (χ1v) is 11.7. The molecule has 0 aromatic carbocycles. The van der Waals surface area contributed by atoms with Crippen LogP contribution in [-0.4, -0.2) is 47.2 Å². The quantitative estimate of drug-likeness (QED) is 0.205. The second kappa shape index (κ2) is 26.4. The second-order valence-corrected chi connectivity index (χ2v) is 7.59. The van der Waals surface area contributed by atoms with Gasteiger partial charge in [-0.05, 0) is 12.8 Å². The summed E-state index contributed by atoms with van der Waals surface area (Å²) in [6, 6.07) is 0. The summed E-state index contributed by atoms with van der Waals surface area (Å²) < 4.78 is 5.29. The highest BCUT2D eigenvalue weighted by Crippen LogP contribution is 2.10. The van der Waals surface area contributed by atoms with E-state index < -0.39 is 6.10 Å². The van der Waals surface area contributed by atoms with Crippen molar-refractivity contribution in [3.05, 3.63) is 0 Å². The molecule has 0 aromatic rings. The largest absolute Gasteiger partial charge is 0.466 e. The Morgan fingerprint density at radius 2 is 1.07 bits per heavy atom. The van der Waals surface area contributed by atoms with Gasteiger partial charge in [0.1, 0.15) is 6.10 Å². The Balaban J connectivity index is 0. The molecular formula is C23H48O5. The summed E-state index contributed by atoms with van der Waals surface area (Å²) >= 11 is 0. The summed E-state index contributed by atoms with van der Waals surface area (Å²) in [6.07, 6.45) is 18.7. The van der Waals surface area contributed by atoms with Crippen LogP contribution >= 0.6 is 0 Å². The van der Waals surface area contributed by atoms with Crippen LogP contribution in [0.1, 0.15) is 117 Å². The fourth-order valence-corrected chi connectivity index (χ4v) is 2.78. The summed E-state index contributed by atoms with van der Waals surface area (Å²) in [4.78, 5) is 11.6. The van der Waals surface area contributed by atoms with Crippen molar-refractivity contribution < 1.29 is 24.9 Å². The van der Waals surface area contributed by atoms with Crippen LogP contribution in [-0.2, 0) is 9.53 Å². The Bertz CT molecular complexity index is 293. The van der Waals surface area contributed by atoms with Gasteiger partial charge >= 0.3 is 5.97 Å². The van der Waals surface area contributed by atoms with E-state index in [1.54, 1.807) is 0 Å². The number of unbranched alkanes of at least 4 members (excludes halogenated alkanes) is 13. The first kappa shape index (κ1) is 29.6. The van der Waals surface area contributed by atoms with Crippen LogP contribution in [0, 0.1) is 0 Å². The molecular weight excluding hydrogens is 356 g/mol. The fraction of sp³-hybridized carbons (Fsp3) is 0.957. The van der Waals surface area contributed by atoms with E-state index in [0.29, 0.717) is 13.0 Å². The lowest BCUT2D eigenvalue weighted by molar-refractivity contribution is -0.143. The molecule has 0 fully saturated rings. The standard InChI is InChI=1S/C20H40O2.C3H8O3/c1-3-5-7-9-11-13-15-17-19-22-20(21)18-16-14-12-10-8-6-4-2;4-1-3(6)2-5/h3-19H2,1-2H3;3-6H,1-2H2. The molecule has 0 saturated carbocycles. The molecule has 0 unspecified atom stereocenters. The molecule has 0 heterocycles. The van der Waals surface area contributed by atoms with Gasteiger partial charge in [0.05, 0.1) is 19.8 Å². The molecule has 0 radical (unpaired) electrons. The van der Waals surface area contributed by atoms with Gasteiger partial charge in [0, 0.05) is 6.42 Å². The van der Waals surface area contributed by atoms with Crippen LogP contribution in [0.3, 0.4) is 0 Å². The van der Waals surface area contributed by atoms with Gasteiger partial charge in [-0.15, -0.1) is 0 Å². The number of hydrogen-bond acceptors (Lipinski definition) is 5. The van der Waals surface area contributed by atoms with Gasteiger partial charge in [0.25, 0.3) is 0 Å². The minimum atomic E-state index is -0.954. The van der Waals surface area contributed by atoms with E-state index in [-0.39, 0.29) is 19.2 Å². The lowest BCUT2D eigenvalue weighted by Crippen LogP contribution is -2.15. The maximum Gasteiger partial charge on any atom is 0.305 e. The van der Waals surface area contributed by atoms with Gasteiger partial charge in [-0.2, -0.15) is 0 Å². The van der Waals surface area contributed by atoms with Gasteiger partial charge in [0.2, 0.25) is 0 Å². The second-order valence-electron chi connectivity index (χ2n) is 7.59. The first-order valence-electron chi connectivity index (χ1n) is 11.7. The molecule has 0 aromatic heterocycles. The molecule has 5 heteroatoms. The predicted octanol–water partition coefficient (Wildman–Crippen LogP) is 5.14. The Kier molecular flexibility index (Phi) is 27.8. The van der Waals surface area contributed by atoms with Crippen molar-refractivity contribution in [1.29, 1.82) is 0 Å². The number of carbonyl (C=O) groups excluding carboxylic acids is 1. The molecule has 0 aliphatic heterocycles. The number of aliphatic hydroxyl groups is 3. The molecule has 170 valence electrons. The molecule has 0 bridgehead atoms. The Morgan fingerprint density at radius 3 is 1.46 bits per heavy atom. The van der Waals surface area contributed by atoms with E-state index in [1.807, 2.05) is 0 Å². The molecule has 3 N–H and O–H groups in total.